The van der Waals surface area contributed by atoms with Crippen LogP contribution in [0.4, 0.5) is 0 Å². The number of para-hydroxylation sites is 1. The maximum atomic E-state index is 11.2. The van der Waals surface area contributed by atoms with Gasteiger partial charge in [0.25, 0.3) is 0 Å². The van der Waals surface area contributed by atoms with E-state index in [4.69, 9.17) is 9.15 Å². The molecule has 18 heavy (non-hydrogen) atoms. The molecule has 4 heteroatoms. The number of rotatable bonds is 4. The van der Waals surface area contributed by atoms with Crippen LogP contribution in [0, 0.1) is 0 Å². The molecule has 0 aliphatic heterocycles. The number of benzene rings is 1. The van der Waals surface area contributed by atoms with Crippen molar-refractivity contribution in [3.8, 4) is 5.75 Å². The third kappa shape index (κ3) is 2.32. The van der Waals surface area contributed by atoms with Crippen molar-refractivity contribution in [2.45, 2.75) is 19.3 Å². The van der Waals surface area contributed by atoms with Gasteiger partial charge in [-0.15, -0.1) is 0 Å². The molecule has 0 aliphatic rings. The average Bonchev–Trinajstić information content (AvgIpc) is 2.82. The predicted octanol–water partition coefficient (Wildman–Crippen LogP) is 3.11. The van der Waals surface area contributed by atoms with Crippen LogP contribution in [0.1, 0.15) is 25.0 Å². The molecule has 96 valence electrons. The fourth-order valence-corrected chi connectivity index (χ4v) is 1.89. The minimum atomic E-state index is -0.241. The summed E-state index contributed by atoms with van der Waals surface area (Å²) in [6.07, 6.45) is 0.304. The first kappa shape index (κ1) is 12.5. The van der Waals surface area contributed by atoms with Crippen LogP contribution >= 0.6 is 0 Å². The molecule has 2 rings (SSSR count). The molecule has 1 heterocycles. The first-order valence-corrected chi connectivity index (χ1v) is 5.79. The fraction of sp³-hybridized carbons (Fsp3) is 0.357. The molecular weight excluding hydrogens is 232 g/mol. The summed E-state index contributed by atoms with van der Waals surface area (Å²) in [4.78, 5) is 11.2. The summed E-state index contributed by atoms with van der Waals surface area (Å²) in [6, 6.07) is 7.65. The van der Waals surface area contributed by atoms with E-state index in [1.807, 2.05) is 31.2 Å². The number of carbonyl (C=O) groups is 1. The highest BCUT2D eigenvalue weighted by molar-refractivity contribution is 5.84. The molecule has 1 atom stereocenters. The molecule has 2 aromatic rings. The summed E-state index contributed by atoms with van der Waals surface area (Å²) in [5, 5.41) is 0.973. The number of hydrogen-bond donors (Lipinski definition) is 0. The van der Waals surface area contributed by atoms with Gasteiger partial charge in [0, 0.05) is 11.3 Å². The first-order chi connectivity index (χ1) is 8.65. The van der Waals surface area contributed by atoms with Gasteiger partial charge in [-0.2, -0.15) is 0 Å². The molecule has 1 aromatic heterocycles. The highest BCUT2D eigenvalue weighted by Crippen LogP contribution is 2.32. The van der Waals surface area contributed by atoms with Crippen molar-refractivity contribution in [1.29, 1.82) is 0 Å². The molecular formula is C14H16O4. The average molecular weight is 248 g/mol. The summed E-state index contributed by atoms with van der Waals surface area (Å²) in [7, 11) is 2.99. The molecule has 0 N–H and O–H groups in total. The van der Waals surface area contributed by atoms with E-state index in [0.717, 1.165) is 11.1 Å². The van der Waals surface area contributed by atoms with Gasteiger partial charge in [-0.1, -0.05) is 19.1 Å². The standard InChI is InChI=1S/C14H16O4/c1-9(7-13(15)17-3)12-8-10-5-4-6-11(16-2)14(10)18-12/h4-6,8-9H,7H2,1-3H3. The van der Waals surface area contributed by atoms with Crippen molar-refractivity contribution in [3.05, 3.63) is 30.0 Å². The van der Waals surface area contributed by atoms with Gasteiger partial charge in [-0.05, 0) is 12.1 Å². The molecule has 0 saturated heterocycles. The lowest BCUT2D eigenvalue weighted by Gasteiger charge is -2.05. The molecule has 0 radical (unpaired) electrons. The second-order valence-corrected chi connectivity index (χ2v) is 4.21. The van der Waals surface area contributed by atoms with Crippen molar-refractivity contribution in [3.63, 3.8) is 0 Å². The zero-order valence-corrected chi connectivity index (χ0v) is 10.7. The topological polar surface area (TPSA) is 48.7 Å². The van der Waals surface area contributed by atoms with Gasteiger partial charge in [-0.3, -0.25) is 4.79 Å². The largest absolute Gasteiger partial charge is 0.493 e. The van der Waals surface area contributed by atoms with E-state index in [2.05, 4.69) is 4.74 Å². The van der Waals surface area contributed by atoms with Gasteiger partial charge in [0.15, 0.2) is 11.3 Å². The van der Waals surface area contributed by atoms with E-state index in [1.54, 1.807) is 7.11 Å². The van der Waals surface area contributed by atoms with Crippen molar-refractivity contribution >= 4 is 16.9 Å². The Morgan fingerprint density at radius 3 is 2.83 bits per heavy atom. The van der Waals surface area contributed by atoms with Crippen molar-refractivity contribution < 1.29 is 18.7 Å². The van der Waals surface area contributed by atoms with Crippen LogP contribution in [0.3, 0.4) is 0 Å². The number of furan rings is 1. The lowest BCUT2D eigenvalue weighted by Crippen LogP contribution is -2.05. The zero-order valence-electron chi connectivity index (χ0n) is 10.7. The van der Waals surface area contributed by atoms with Crippen molar-refractivity contribution in [2.24, 2.45) is 0 Å². The smallest absolute Gasteiger partial charge is 0.306 e. The Balaban J connectivity index is 2.32. The highest BCUT2D eigenvalue weighted by Gasteiger charge is 2.17. The van der Waals surface area contributed by atoms with Gasteiger partial charge < -0.3 is 13.9 Å². The minimum Gasteiger partial charge on any atom is -0.493 e. The molecule has 0 aliphatic carbocycles. The van der Waals surface area contributed by atoms with Gasteiger partial charge in [0.1, 0.15) is 5.76 Å². The highest BCUT2D eigenvalue weighted by atomic mass is 16.5. The summed E-state index contributed by atoms with van der Waals surface area (Å²) < 4.78 is 15.7. The lowest BCUT2D eigenvalue weighted by molar-refractivity contribution is -0.141. The van der Waals surface area contributed by atoms with Gasteiger partial charge in [0.2, 0.25) is 0 Å². The van der Waals surface area contributed by atoms with Crippen LogP contribution in [0.5, 0.6) is 5.75 Å². The maximum absolute atomic E-state index is 11.2. The lowest BCUT2D eigenvalue weighted by atomic mass is 10.1. The predicted molar refractivity (Wildman–Crippen MR) is 67.8 cm³/mol. The molecule has 0 saturated carbocycles. The summed E-state index contributed by atoms with van der Waals surface area (Å²) in [6.45, 7) is 1.93. The Labute approximate surface area is 105 Å². The number of hydrogen-bond acceptors (Lipinski definition) is 4. The second-order valence-electron chi connectivity index (χ2n) is 4.21. The molecule has 0 amide bonds. The van der Waals surface area contributed by atoms with Crippen molar-refractivity contribution in [1.82, 2.24) is 0 Å². The number of ether oxygens (including phenoxy) is 2. The number of carbonyl (C=O) groups excluding carboxylic acids is 1. The van der Waals surface area contributed by atoms with Crippen LogP contribution in [0.2, 0.25) is 0 Å². The molecule has 4 nitrogen and oxygen atoms in total. The summed E-state index contributed by atoms with van der Waals surface area (Å²) in [5.74, 6) is 1.20. The van der Waals surface area contributed by atoms with E-state index < -0.39 is 0 Å². The van der Waals surface area contributed by atoms with Gasteiger partial charge >= 0.3 is 5.97 Å². The van der Waals surface area contributed by atoms with Crippen LogP contribution in [-0.4, -0.2) is 20.2 Å². The molecule has 0 spiro atoms. The molecule has 1 aromatic carbocycles. The number of fused-ring (bicyclic) bond motifs is 1. The third-order valence-electron chi connectivity index (χ3n) is 2.93. The van der Waals surface area contributed by atoms with Crippen LogP contribution < -0.4 is 4.74 Å². The van der Waals surface area contributed by atoms with E-state index >= 15 is 0 Å². The van der Waals surface area contributed by atoms with Crippen LogP contribution in [0.15, 0.2) is 28.7 Å². The zero-order chi connectivity index (χ0) is 13.1. The van der Waals surface area contributed by atoms with E-state index in [-0.39, 0.29) is 11.9 Å². The Morgan fingerprint density at radius 1 is 1.39 bits per heavy atom. The van der Waals surface area contributed by atoms with E-state index in [1.165, 1.54) is 7.11 Å². The first-order valence-electron chi connectivity index (χ1n) is 5.79. The van der Waals surface area contributed by atoms with E-state index in [0.29, 0.717) is 17.8 Å². The minimum absolute atomic E-state index is 0.0189. The van der Waals surface area contributed by atoms with Gasteiger partial charge in [-0.25, -0.2) is 0 Å². The third-order valence-corrected chi connectivity index (χ3v) is 2.93. The van der Waals surface area contributed by atoms with Crippen LogP contribution in [0.25, 0.3) is 11.0 Å². The number of esters is 1. The van der Waals surface area contributed by atoms with E-state index in [9.17, 15) is 4.79 Å². The normalized spacial score (nSPS) is 12.4. The second kappa shape index (κ2) is 5.12. The quantitative estimate of drug-likeness (QED) is 0.780. The maximum Gasteiger partial charge on any atom is 0.306 e. The molecule has 1 unspecified atom stereocenters. The molecule has 0 bridgehead atoms. The Morgan fingerprint density at radius 2 is 2.17 bits per heavy atom. The van der Waals surface area contributed by atoms with Gasteiger partial charge in [0.05, 0.1) is 20.6 Å². The fourth-order valence-electron chi connectivity index (χ4n) is 1.89. The Bertz CT molecular complexity index is 556. The van der Waals surface area contributed by atoms with Crippen molar-refractivity contribution in [2.75, 3.05) is 14.2 Å². The van der Waals surface area contributed by atoms with Crippen LogP contribution in [-0.2, 0) is 9.53 Å². The number of methoxy groups -OCH3 is 2. The Hall–Kier alpha value is -1.97. The summed E-state index contributed by atoms with van der Waals surface area (Å²) >= 11 is 0. The monoisotopic (exact) mass is 248 g/mol. The summed E-state index contributed by atoms with van der Waals surface area (Å²) in [5.41, 5.74) is 0.715. The Kier molecular flexibility index (Phi) is 3.55. The SMILES string of the molecule is COC(=O)CC(C)c1cc2cccc(OC)c2o1. The molecule has 0 fully saturated rings.